The Bertz CT molecular complexity index is 1550. The highest BCUT2D eigenvalue weighted by Crippen LogP contribution is 2.50. The van der Waals surface area contributed by atoms with E-state index < -0.39 is 0 Å². The van der Waals surface area contributed by atoms with Gasteiger partial charge >= 0.3 is 0 Å². The van der Waals surface area contributed by atoms with E-state index in [4.69, 9.17) is 4.99 Å². The molecule has 1 aliphatic heterocycles. The fourth-order valence-electron chi connectivity index (χ4n) is 5.36. The van der Waals surface area contributed by atoms with Crippen LogP contribution >= 0.6 is 0 Å². The van der Waals surface area contributed by atoms with Crippen LogP contribution in [0.5, 0.6) is 0 Å². The first-order valence-electron chi connectivity index (χ1n) is 15.0. The zero-order valence-corrected chi connectivity index (χ0v) is 24.9. The predicted molar refractivity (Wildman–Crippen MR) is 185 cm³/mol. The Balaban J connectivity index is 1.17. The number of anilines is 5. The second-order valence-corrected chi connectivity index (χ2v) is 10.3. The Labute approximate surface area is 256 Å². The van der Waals surface area contributed by atoms with Gasteiger partial charge in [0, 0.05) is 31.5 Å². The van der Waals surface area contributed by atoms with Crippen molar-refractivity contribution >= 4 is 34.7 Å². The fraction of sp³-hybridized carbons (Fsp3) is 0.154. The third-order valence-electron chi connectivity index (χ3n) is 7.51. The highest BCUT2D eigenvalue weighted by Gasteiger charge is 2.28. The molecule has 4 nitrogen and oxygen atoms in total. The number of fused-ring (bicyclic) bond motifs is 2. The van der Waals surface area contributed by atoms with Crippen molar-refractivity contribution in [3.8, 4) is 0 Å². The first kappa shape index (κ1) is 29.4. The zero-order valence-electron chi connectivity index (χ0n) is 24.9. The van der Waals surface area contributed by atoms with E-state index in [2.05, 4.69) is 137 Å². The smallest absolute Gasteiger partial charge is 0.0699 e. The van der Waals surface area contributed by atoms with Crippen LogP contribution in [0.1, 0.15) is 25.3 Å². The van der Waals surface area contributed by atoms with Crippen LogP contribution in [0.2, 0.25) is 0 Å². The van der Waals surface area contributed by atoms with Crippen LogP contribution in [0.15, 0.2) is 162 Å². The molecule has 0 fully saturated rings. The van der Waals surface area contributed by atoms with Gasteiger partial charge in [-0.05, 0) is 91.2 Å². The molecule has 0 saturated carbocycles. The third kappa shape index (κ3) is 7.41. The van der Waals surface area contributed by atoms with Crippen molar-refractivity contribution in [1.29, 1.82) is 0 Å². The second-order valence-electron chi connectivity index (χ2n) is 10.3. The standard InChI is InChI=1S/C39H40N4/c1-3-33(34(4-2)26-29-41-31-32-17-7-5-8-18-32)25-28-40-27-15-16-30-42-36-21-11-13-23-38(36)43(35-19-9-6-10-20-35)39-24-14-12-22-37(39)42/h3-14,17-26,28-29,41H,1,15-16,27,30-31H2,2H3/b29-26-,33-25+,34-4+,40-28?. The Morgan fingerprint density at radius 1 is 0.744 bits per heavy atom. The molecule has 0 aliphatic carbocycles. The minimum absolute atomic E-state index is 0.786. The summed E-state index contributed by atoms with van der Waals surface area (Å²) >= 11 is 0. The van der Waals surface area contributed by atoms with E-state index in [0.29, 0.717) is 0 Å². The molecule has 4 heteroatoms. The summed E-state index contributed by atoms with van der Waals surface area (Å²) in [6.07, 6.45) is 14.1. The molecule has 1 N–H and O–H groups in total. The summed E-state index contributed by atoms with van der Waals surface area (Å²) in [5, 5.41) is 3.36. The van der Waals surface area contributed by atoms with Gasteiger partial charge in [-0.3, -0.25) is 4.99 Å². The van der Waals surface area contributed by atoms with Gasteiger partial charge in [0.25, 0.3) is 0 Å². The maximum atomic E-state index is 4.69. The summed E-state index contributed by atoms with van der Waals surface area (Å²) < 4.78 is 0. The minimum Gasteiger partial charge on any atom is -0.387 e. The van der Waals surface area contributed by atoms with Crippen LogP contribution < -0.4 is 15.1 Å². The Hall–Kier alpha value is -5.09. The van der Waals surface area contributed by atoms with E-state index in [0.717, 1.165) is 43.6 Å². The number of allylic oxidation sites excluding steroid dienone is 6. The lowest BCUT2D eigenvalue weighted by Gasteiger charge is -2.40. The van der Waals surface area contributed by atoms with Crippen molar-refractivity contribution < 1.29 is 0 Å². The number of nitrogens with one attached hydrogen (secondary N) is 1. The molecule has 1 heterocycles. The van der Waals surface area contributed by atoms with E-state index in [1.54, 1.807) is 0 Å². The van der Waals surface area contributed by atoms with Crippen LogP contribution in [-0.4, -0.2) is 19.3 Å². The molecule has 0 saturated heterocycles. The van der Waals surface area contributed by atoms with E-state index in [9.17, 15) is 0 Å². The Morgan fingerprint density at radius 2 is 1.35 bits per heavy atom. The van der Waals surface area contributed by atoms with E-state index in [1.807, 2.05) is 37.6 Å². The predicted octanol–water partition coefficient (Wildman–Crippen LogP) is 9.82. The molecule has 0 aromatic heterocycles. The van der Waals surface area contributed by atoms with E-state index >= 15 is 0 Å². The summed E-state index contributed by atoms with van der Waals surface area (Å²) in [5.74, 6) is 0. The van der Waals surface area contributed by atoms with Crippen molar-refractivity contribution in [2.24, 2.45) is 4.99 Å². The first-order chi connectivity index (χ1) is 21.3. The van der Waals surface area contributed by atoms with Crippen molar-refractivity contribution in [1.82, 2.24) is 5.32 Å². The molecule has 0 amide bonds. The number of hydrogen-bond donors (Lipinski definition) is 1. The molecule has 0 unspecified atom stereocenters. The largest absolute Gasteiger partial charge is 0.387 e. The number of para-hydroxylation sites is 5. The van der Waals surface area contributed by atoms with Gasteiger partial charge in [0.05, 0.1) is 22.7 Å². The molecule has 5 rings (SSSR count). The van der Waals surface area contributed by atoms with Crippen molar-refractivity contribution in [2.75, 3.05) is 22.9 Å². The van der Waals surface area contributed by atoms with Crippen LogP contribution in [0, 0.1) is 0 Å². The highest BCUT2D eigenvalue weighted by atomic mass is 15.3. The van der Waals surface area contributed by atoms with E-state index in [1.165, 1.54) is 34.0 Å². The van der Waals surface area contributed by atoms with Gasteiger partial charge in [0.1, 0.15) is 0 Å². The highest BCUT2D eigenvalue weighted by molar-refractivity contribution is 5.97. The van der Waals surface area contributed by atoms with Crippen LogP contribution in [-0.2, 0) is 6.54 Å². The fourth-order valence-corrected chi connectivity index (χ4v) is 5.36. The van der Waals surface area contributed by atoms with Crippen LogP contribution in [0.4, 0.5) is 28.4 Å². The molecular weight excluding hydrogens is 524 g/mol. The van der Waals surface area contributed by atoms with Gasteiger partial charge in [0.2, 0.25) is 0 Å². The first-order valence-corrected chi connectivity index (χ1v) is 15.0. The van der Waals surface area contributed by atoms with Gasteiger partial charge < -0.3 is 15.1 Å². The van der Waals surface area contributed by atoms with Gasteiger partial charge in [0.15, 0.2) is 0 Å². The van der Waals surface area contributed by atoms with Gasteiger partial charge in [-0.2, -0.15) is 0 Å². The quantitative estimate of drug-likeness (QED) is 0.0996. The average Bonchev–Trinajstić information content (AvgIpc) is 3.07. The van der Waals surface area contributed by atoms with E-state index in [-0.39, 0.29) is 0 Å². The van der Waals surface area contributed by atoms with Crippen LogP contribution in [0.3, 0.4) is 0 Å². The molecule has 4 aromatic carbocycles. The average molecular weight is 565 g/mol. The van der Waals surface area contributed by atoms with Crippen molar-refractivity contribution in [2.45, 2.75) is 26.3 Å². The molecule has 0 bridgehead atoms. The Kier molecular flexibility index (Phi) is 10.4. The lowest BCUT2D eigenvalue weighted by molar-refractivity contribution is 0.742. The minimum atomic E-state index is 0.786. The molecule has 4 aromatic rings. The number of aliphatic imine (C=N–C) groups is 1. The van der Waals surface area contributed by atoms with Gasteiger partial charge in [-0.25, -0.2) is 0 Å². The van der Waals surface area contributed by atoms with Crippen molar-refractivity contribution in [3.63, 3.8) is 0 Å². The number of rotatable bonds is 13. The van der Waals surface area contributed by atoms with Crippen molar-refractivity contribution in [3.05, 3.63) is 163 Å². The topological polar surface area (TPSA) is 30.9 Å². The number of hydrogen-bond acceptors (Lipinski definition) is 4. The normalized spacial score (nSPS) is 13.3. The third-order valence-corrected chi connectivity index (χ3v) is 7.51. The number of unbranched alkanes of at least 4 members (excludes halogenated alkanes) is 1. The zero-order chi connectivity index (χ0) is 29.7. The van der Waals surface area contributed by atoms with Gasteiger partial charge in [-0.1, -0.05) is 91.5 Å². The summed E-state index contributed by atoms with van der Waals surface area (Å²) in [6.45, 7) is 8.57. The SMILES string of the molecule is C=CC(=C\C=NCCCCN1c2ccccc2N(c2ccccc2)c2ccccc21)/C(/C=C\NCc1ccccc1)=C/C. The molecule has 0 spiro atoms. The summed E-state index contributed by atoms with van der Waals surface area (Å²) in [7, 11) is 0. The monoisotopic (exact) mass is 564 g/mol. The molecular formula is C39H40N4. The molecule has 0 atom stereocenters. The Morgan fingerprint density at radius 3 is 1.98 bits per heavy atom. The summed E-state index contributed by atoms with van der Waals surface area (Å²) in [5.41, 5.74) is 9.46. The number of benzene rings is 4. The molecule has 0 radical (unpaired) electrons. The summed E-state index contributed by atoms with van der Waals surface area (Å²) in [6, 6.07) is 38.4. The maximum Gasteiger partial charge on any atom is 0.0699 e. The molecule has 216 valence electrons. The molecule has 1 aliphatic rings. The second kappa shape index (κ2) is 15.2. The number of nitrogens with zero attached hydrogens (tertiary/aromatic N) is 3. The lowest BCUT2D eigenvalue weighted by atomic mass is 10.1. The van der Waals surface area contributed by atoms with Crippen LogP contribution in [0.25, 0.3) is 0 Å². The van der Waals surface area contributed by atoms with Gasteiger partial charge in [-0.15, -0.1) is 0 Å². The maximum absolute atomic E-state index is 4.69. The lowest BCUT2D eigenvalue weighted by Crippen LogP contribution is -2.28. The molecule has 43 heavy (non-hydrogen) atoms. The summed E-state index contributed by atoms with van der Waals surface area (Å²) in [4.78, 5) is 9.51.